The third-order valence-corrected chi connectivity index (χ3v) is 6.52. The Hall–Kier alpha value is -1.09. The van der Waals surface area contributed by atoms with Crippen molar-refractivity contribution in [2.24, 2.45) is 5.92 Å². The molecule has 0 radical (unpaired) electrons. The van der Waals surface area contributed by atoms with Gasteiger partial charge in [0.1, 0.15) is 0 Å². The summed E-state index contributed by atoms with van der Waals surface area (Å²) in [5, 5.41) is 10.2. The van der Waals surface area contributed by atoms with Crippen LogP contribution in [0.15, 0.2) is 23.1 Å². The first-order valence-corrected chi connectivity index (χ1v) is 9.08. The van der Waals surface area contributed by atoms with Crippen molar-refractivity contribution < 1.29 is 27.0 Å². The zero-order chi connectivity index (χ0) is 16.6. The number of hydrogen-bond donors (Lipinski definition) is 1. The van der Waals surface area contributed by atoms with Gasteiger partial charge >= 0.3 is 0 Å². The summed E-state index contributed by atoms with van der Waals surface area (Å²) in [5.41, 5.74) is 0. The van der Waals surface area contributed by atoms with Gasteiger partial charge in [0.15, 0.2) is 11.6 Å². The third kappa shape index (κ3) is 3.13. The van der Waals surface area contributed by atoms with E-state index in [1.54, 1.807) is 0 Å². The molecule has 2 saturated heterocycles. The van der Waals surface area contributed by atoms with E-state index in [0.29, 0.717) is 45.1 Å². The van der Waals surface area contributed by atoms with Gasteiger partial charge in [0.25, 0.3) is 0 Å². The molecule has 2 fully saturated rings. The van der Waals surface area contributed by atoms with E-state index in [0.717, 1.165) is 12.1 Å². The predicted molar refractivity (Wildman–Crippen MR) is 78.2 cm³/mol. The van der Waals surface area contributed by atoms with Crippen LogP contribution in [0.3, 0.4) is 0 Å². The number of nitrogens with zero attached hydrogens (tertiary/aromatic N) is 1. The maximum Gasteiger partial charge on any atom is 0.243 e. The molecule has 23 heavy (non-hydrogen) atoms. The fourth-order valence-corrected chi connectivity index (χ4v) is 5.13. The Labute approximate surface area is 133 Å². The van der Waals surface area contributed by atoms with E-state index in [1.807, 2.05) is 0 Å². The van der Waals surface area contributed by atoms with Crippen molar-refractivity contribution in [3.8, 4) is 0 Å². The van der Waals surface area contributed by atoms with E-state index in [-0.39, 0.29) is 16.9 Å². The normalized spacial score (nSPS) is 29.8. The third-order valence-electron chi connectivity index (χ3n) is 4.60. The number of aliphatic hydroxyl groups excluding tert-OH is 1. The molecule has 0 aliphatic carbocycles. The highest BCUT2D eigenvalue weighted by Crippen LogP contribution is 2.34. The molecular formula is C15H19F2NO4S. The molecule has 0 unspecified atom stereocenters. The largest absolute Gasteiger partial charge is 0.393 e. The highest BCUT2D eigenvalue weighted by atomic mass is 32.2. The lowest BCUT2D eigenvalue weighted by Crippen LogP contribution is -2.48. The lowest BCUT2D eigenvalue weighted by molar-refractivity contribution is -0.0543. The number of aliphatic hydroxyl groups is 1. The summed E-state index contributed by atoms with van der Waals surface area (Å²) in [5.74, 6) is -2.58. The van der Waals surface area contributed by atoms with Crippen LogP contribution in [0.4, 0.5) is 8.78 Å². The van der Waals surface area contributed by atoms with Crippen molar-refractivity contribution in [3.05, 3.63) is 29.8 Å². The number of rotatable bonds is 3. The topological polar surface area (TPSA) is 66.8 Å². The minimum atomic E-state index is -3.94. The molecule has 1 aromatic rings. The molecule has 0 saturated carbocycles. The maximum atomic E-state index is 13.4. The molecule has 0 aromatic heterocycles. The second kappa shape index (κ2) is 6.43. The Morgan fingerprint density at radius 3 is 2.70 bits per heavy atom. The Kier molecular flexibility index (Phi) is 4.68. The maximum absolute atomic E-state index is 13.4. The first-order valence-electron chi connectivity index (χ1n) is 7.64. The summed E-state index contributed by atoms with van der Waals surface area (Å²) in [4.78, 5) is -0.269. The lowest BCUT2D eigenvalue weighted by atomic mass is 9.90. The molecule has 2 heterocycles. The molecule has 1 N–H and O–H groups in total. The molecule has 0 amide bonds. The van der Waals surface area contributed by atoms with Gasteiger partial charge in [-0.05, 0) is 37.5 Å². The van der Waals surface area contributed by atoms with Gasteiger partial charge in [-0.25, -0.2) is 17.2 Å². The van der Waals surface area contributed by atoms with Crippen molar-refractivity contribution in [1.29, 1.82) is 0 Å². The lowest BCUT2D eigenvalue weighted by Gasteiger charge is -2.36. The molecular weight excluding hydrogens is 328 g/mol. The fourth-order valence-electron chi connectivity index (χ4n) is 3.38. The summed E-state index contributed by atoms with van der Waals surface area (Å²) in [7, 11) is -3.94. The number of benzene rings is 1. The van der Waals surface area contributed by atoms with Crippen molar-refractivity contribution >= 4 is 10.0 Å². The quantitative estimate of drug-likeness (QED) is 0.900. The molecule has 3 atom stereocenters. The van der Waals surface area contributed by atoms with Gasteiger partial charge in [0.2, 0.25) is 10.0 Å². The molecule has 2 aliphatic heterocycles. The van der Waals surface area contributed by atoms with E-state index < -0.39 is 27.8 Å². The summed E-state index contributed by atoms with van der Waals surface area (Å²) in [6, 6.07) is 2.19. The Morgan fingerprint density at radius 2 is 2.00 bits per heavy atom. The zero-order valence-corrected chi connectivity index (χ0v) is 13.3. The van der Waals surface area contributed by atoms with Crippen LogP contribution < -0.4 is 0 Å². The standard InChI is InChI=1S/C15H19F2NO4S/c16-12-4-3-10(8-13(12)17)23(20,21)18-6-1-2-14(18)11-9-22-7-5-15(11)19/h3-4,8,11,14-15,19H,1-2,5-7,9H2/t11-,14+,15-/m0/s1. The van der Waals surface area contributed by atoms with E-state index in [9.17, 15) is 22.3 Å². The summed E-state index contributed by atoms with van der Waals surface area (Å²) in [6.07, 6.45) is 1.14. The van der Waals surface area contributed by atoms with Crippen molar-refractivity contribution in [1.82, 2.24) is 4.31 Å². The number of hydrogen-bond acceptors (Lipinski definition) is 4. The van der Waals surface area contributed by atoms with Gasteiger partial charge in [-0.3, -0.25) is 0 Å². The first-order chi connectivity index (χ1) is 10.9. The Morgan fingerprint density at radius 1 is 1.22 bits per heavy atom. The van der Waals surface area contributed by atoms with Gasteiger partial charge in [-0.15, -0.1) is 0 Å². The van der Waals surface area contributed by atoms with Gasteiger partial charge in [0.05, 0.1) is 17.6 Å². The van der Waals surface area contributed by atoms with Gasteiger partial charge < -0.3 is 9.84 Å². The van der Waals surface area contributed by atoms with E-state index in [1.165, 1.54) is 4.31 Å². The van der Waals surface area contributed by atoms with Gasteiger partial charge in [0, 0.05) is 25.1 Å². The smallest absolute Gasteiger partial charge is 0.243 e. The van der Waals surface area contributed by atoms with Crippen LogP contribution in [-0.2, 0) is 14.8 Å². The van der Waals surface area contributed by atoms with E-state index >= 15 is 0 Å². The second-order valence-corrected chi connectivity index (χ2v) is 7.89. The van der Waals surface area contributed by atoms with E-state index in [4.69, 9.17) is 4.74 Å². The van der Waals surface area contributed by atoms with Crippen molar-refractivity contribution in [2.75, 3.05) is 19.8 Å². The first kappa shape index (κ1) is 16.8. The van der Waals surface area contributed by atoms with Crippen LogP contribution >= 0.6 is 0 Å². The van der Waals surface area contributed by atoms with Gasteiger partial charge in [-0.1, -0.05) is 0 Å². The predicted octanol–water partition coefficient (Wildman–Crippen LogP) is 1.52. The second-order valence-electron chi connectivity index (χ2n) is 6.00. The molecule has 2 aliphatic rings. The molecule has 8 heteroatoms. The van der Waals surface area contributed by atoms with E-state index in [2.05, 4.69) is 0 Å². The van der Waals surface area contributed by atoms with Crippen LogP contribution in [-0.4, -0.2) is 49.7 Å². The number of halogens is 2. The molecule has 3 rings (SSSR count). The minimum Gasteiger partial charge on any atom is -0.393 e. The average Bonchev–Trinajstić information content (AvgIpc) is 3.00. The minimum absolute atomic E-state index is 0.269. The van der Waals surface area contributed by atoms with Crippen LogP contribution in [0.1, 0.15) is 19.3 Å². The van der Waals surface area contributed by atoms with Crippen LogP contribution in [0.2, 0.25) is 0 Å². The highest BCUT2D eigenvalue weighted by Gasteiger charge is 2.43. The average molecular weight is 347 g/mol. The van der Waals surface area contributed by atoms with Crippen LogP contribution in [0, 0.1) is 17.6 Å². The number of sulfonamides is 1. The summed E-state index contributed by atoms with van der Waals surface area (Å²) < 4.78 is 58.7. The van der Waals surface area contributed by atoms with Crippen molar-refractivity contribution in [3.63, 3.8) is 0 Å². The Bertz CT molecular complexity index is 682. The zero-order valence-electron chi connectivity index (χ0n) is 12.5. The highest BCUT2D eigenvalue weighted by molar-refractivity contribution is 7.89. The molecule has 0 bridgehead atoms. The van der Waals surface area contributed by atoms with Gasteiger partial charge in [-0.2, -0.15) is 4.31 Å². The summed E-state index contributed by atoms with van der Waals surface area (Å²) in [6.45, 7) is 1.06. The molecule has 1 aromatic carbocycles. The summed E-state index contributed by atoms with van der Waals surface area (Å²) >= 11 is 0. The van der Waals surface area contributed by atoms with Crippen molar-refractivity contribution in [2.45, 2.75) is 36.3 Å². The molecule has 5 nitrogen and oxygen atoms in total. The molecule has 0 spiro atoms. The van der Waals surface area contributed by atoms with Crippen LogP contribution in [0.5, 0.6) is 0 Å². The Balaban J connectivity index is 1.90. The SMILES string of the molecule is O=S(=O)(c1ccc(F)c(F)c1)N1CCC[C@@H]1[C@@H]1COCC[C@@H]1O. The number of ether oxygens (including phenoxy) is 1. The monoisotopic (exact) mass is 347 g/mol. The fraction of sp³-hybridized carbons (Fsp3) is 0.600. The van der Waals surface area contributed by atoms with Crippen LogP contribution in [0.25, 0.3) is 0 Å². The molecule has 128 valence electrons.